The smallest absolute Gasteiger partial charge is 0.273 e. The first-order valence-electron chi connectivity index (χ1n) is 6.48. The molecule has 3 rings (SSSR count). The molecular weight excluding hydrogens is 256 g/mol. The Bertz CT molecular complexity index is 735. The number of methoxy groups -OCH3 is 2. The third-order valence-electron chi connectivity index (χ3n) is 3.70. The predicted octanol–water partition coefficient (Wildman–Crippen LogP) is 1.79. The molecule has 2 heterocycles. The lowest BCUT2D eigenvalue weighted by molar-refractivity contribution is 0.354. The summed E-state index contributed by atoms with van der Waals surface area (Å²) in [6.07, 6.45) is 0.883. The number of nitrogens with zero attached hydrogens (tertiary/aromatic N) is 2. The highest BCUT2D eigenvalue weighted by molar-refractivity contribution is 5.70. The Morgan fingerprint density at radius 3 is 2.55 bits per heavy atom. The van der Waals surface area contributed by atoms with Gasteiger partial charge in [-0.2, -0.15) is 4.98 Å². The highest BCUT2D eigenvalue weighted by atomic mass is 16.5. The molecular formula is C15H16N2O3. The highest BCUT2D eigenvalue weighted by Crippen LogP contribution is 2.38. The first kappa shape index (κ1) is 12.7. The van der Waals surface area contributed by atoms with Crippen molar-refractivity contribution in [2.45, 2.75) is 19.9 Å². The molecule has 1 aromatic heterocycles. The van der Waals surface area contributed by atoms with Crippen molar-refractivity contribution in [3.05, 3.63) is 39.9 Å². The number of benzene rings is 1. The molecule has 5 heteroatoms. The fourth-order valence-electron chi connectivity index (χ4n) is 2.73. The number of hydrogen-bond acceptors (Lipinski definition) is 4. The van der Waals surface area contributed by atoms with Gasteiger partial charge in [0.2, 0.25) is 0 Å². The zero-order chi connectivity index (χ0) is 14.3. The Morgan fingerprint density at radius 1 is 1.15 bits per heavy atom. The number of rotatable bonds is 2. The molecule has 0 unspecified atom stereocenters. The summed E-state index contributed by atoms with van der Waals surface area (Å²) in [7, 11) is 3.23. The maximum absolute atomic E-state index is 11.7. The first-order valence-corrected chi connectivity index (χ1v) is 6.48. The summed E-state index contributed by atoms with van der Waals surface area (Å²) in [5.41, 5.74) is 2.85. The highest BCUT2D eigenvalue weighted by Gasteiger charge is 2.20. The SMILES string of the molecule is COc1cc2c(cc1OC)-c1cc(=O)nc(C)n1CC2. The van der Waals surface area contributed by atoms with Gasteiger partial charge in [-0.1, -0.05) is 0 Å². The molecule has 0 bridgehead atoms. The third-order valence-corrected chi connectivity index (χ3v) is 3.70. The molecule has 0 N–H and O–H groups in total. The average Bonchev–Trinajstić information content (AvgIpc) is 2.45. The van der Waals surface area contributed by atoms with Crippen LogP contribution in [0.2, 0.25) is 0 Å². The average molecular weight is 272 g/mol. The first-order chi connectivity index (χ1) is 9.63. The van der Waals surface area contributed by atoms with Gasteiger partial charge in [-0.25, -0.2) is 0 Å². The van der Waals surface area contributed by atoms with Crippen LogP contribution in [0.5, 0.6) is 11.5 Å². The van der Waals surface area contributed by atoms with E-state index in [1.807, 2.05) is 19.1 Å². The Morgan fingerprint density at radius 2 is 1.85 bits per heavy atom. The molecule has 1 aliphatic rings. The van der Waals surface area contributed by atoms with Crippen LogP contribution >= 0.6 is 0 Å². The molecule has 0 atom stereocenters. The fourth-order valence-corrected chi connectivity index (χ4v) is 2.73. The van der Waals surface area contributed by atoms with Crippen molar-refractivity contribution in [3.63, 3.8) is 0 Å². The van der Waals surface area contributed by atoms with E-state index in [0.29, 0.717) is 11.5 Å². The van der Waals surface area contributed by atoms with Gasteiger partial charge in [0, 0.05) is 18.2 Å². The molecule has 0 aliphatic carbocycles. The standard InChI is InChI=1S/C15H16N2O3/c1-9-16-15(18)8-12-11-7-14(20-3)13(19-2)6-10(11)4-5-17(9)12/h6-8H,4-5H2,1-3H3. The van der Waals surface area contributed by atoms with Crippen molar-refractivity contribution in [1.29, 1.82) is 0 Å². The van der Waals surface area contributed by atoms with E-state index in [9.17, 15) is 4.79 Å². The summed E-state index contributed by atoms with van der Waals surface area (Å²) in [5.74, 6) is 2.13. The zero-order valence-corrected chi connectivity index (χ0v) is 11.8. The summed E-state index contributed by atoms with van der Waals surface area (Å²) in [6.45, 7) is 2.67. The van der Waals surface area contributed by atoms with E-state index in [0.717, 1.165) is 35.6 Å². The van der Waals surface area contributed by atoms with Gasteiger partial charge < -0.3 is 14.0 Å². The van der Waals surface area contributed by atoms with Crippen LogP contribution in [-0.4, -0.2) is 23.8 Å². The van der Waals surface area contributed by atoms with Crippen LogP contribution in [0.4, 0.5) is 0 Å². The van der Waals surface area contributed by atoms with E-state index in [4.69, 9.17) is 9.47 Å². The maximum atomic E-state index is 11.7. The molecule has 5 nitrogen and oxygen atoms in total. The lowest BCUT2D eigenvalue weighted by Crippen LogP contribution is -2.21. The van der Waals surface area contributed by atoms with Gasteiger partial charge >= 0.3 is 0 Å². The number of fused-ring (bicyclic) bond motifs is 3. The molecule has 0 amide bonds. The van der Waals surface area contributed by atoms with Gasteiger partial charge in [-0.15, -0.1) is 0 Å². The molecule has 1 aromatic carbocycles. The van der Waals surface area contributed by atoms with Crippen LogP contribution in [0.25, 0.3) is 11.3 Å². The molecule has 2 aromatic rings. The Labute approximate surface area is 116 Å². The number of hydrogen-bond donors (Lipinski definition) is 0. The normalized spacial score (nSPS) is 12.6. The van der Waals surface area contributed by atoms with E-state index >= 15 is 0 Å². The minimum atomic E-state index is -0.212. The Hall–Kier alpha value is -2.30. The molecule has 1 aliphatic heterocycles. The second-order valence-electron chi connectivity index (χ2n) is 4.79. The van der Waals surface area contributed by atoms with Crippen molar-refractivity contribution in [2.75, 3.05) is 14.2 Å². The number of aryl methyl sites for hydroxylation is 2. The molecule has 20 heavy (non-hydrogen) atoms. The molecule has 0 spiro atoms. The van der Waals surface area contributed by atoms with Gasteiger partial charge in [-0.3, -0.25) is 4.79 Å². The van der Waals surface area contributed by atoms with E-state index in [1.165, 1.54) is 0 Å². The van der Waals surface area contributed by atoms with E-state index in [1.54, 1.807) is 20.3 Å². The monoisotopic (exact) mass is 272 g/mol. The molecule has 0 saturated heterocycles. The molecule has 0 saturated carbocycles. The van der Waals surface area contributed by atoms with E-state index in [-0.39, 0.29) is 5.56 Å². The van der Waals surface area contributed by atoms with Gasteiger partial charge in [0.25, 0.3) is 5.56 Å². The van der Waals surface area contributed by atoms with Crippen molar-refractivity contribution in [1.82, 2.24) is 9.55 Å². The van der Waals surface area contributed by atoms with E-state index < -0.39 is 0 Å². The van der Waals surface area contributed by atoms with Crippen LogP contribution in [0.3, 0.4) is 0 Å². The fraction of sp³-hybridized carbons (Fsp3) is 0.333. The lowest BCUT2D eigenvalue weighted by atomic mass is 9.96. The summed E-state index contributed by atoms with van der Waals surface area (Å²) in [5, 5.41) is 0. The zero-order valence-electron chi connectivity index (χ0n) is 11.8. The second-order valence-corrected chi connectivity index (χ2v) is 4.79. The molecule has 104 valence electrons. The Balaban J connectivity index is 2.28. The van der Waals surface area contributed by atoms with Gasteiger partial charge in [-0.05, 0) is 31.0 Å². The minimum absolute atomic E-state index is 0.212. The topological polar surface area (TPSA) is 53.4 Å². The van der Waals surface area contributed by atoms with Crippen molar-refractivity contribution < 1.29 is 9.47 Å². The van der Waals surface area contributed by atoms with E-state index in [2.05, 4.69) is 9.55 Å². The summed E-state index contributed by atoms with van der Waals surface area (Å²) in [6, 6.07) is 5.49. The Kier molecular flexibility index (Phi) is 2.97. The van der Waals surface area contributed by atoms with Crippen LogP contribution in [0.15, 0.2) is 23.0 Å². The van der Waals surface area contributed by atoms with Crippen LogP contribution in [0, 0.1) is 6.92 Å². The number of aromatic nitrogens is 2. The number of ether oxygens (including phenoxy) is 2. The molecule has 0 fully saturated rings. The van der Waals surface area contributed by atoms with Crippen LogP contribution in [0.1, 0.15) is 11.4 Å². The van der Waals surface area contributed by atoms with Crippen molar-refractivity contribution in [3.8, 4) is 22.8 Å². The largest absolute Gasteiger partial charge is 0.493 e. The summed E-state index contributed by atoms with van der Waals surface area (Å²) in [4.78, 5) is 15.7. The van der Waals surface area contributed by atoms with Crippen molar-refractivity contribution in [2.24, 2.45) is 0 Å². The van der Waals surface area contributed by atoms with Crippen molar-refractivity contribution >= 4 is 0 Å². The predicted molar refractivity (Wildman–Crippen MR) is 75.5 cm³/mol. The van der Waals surface area contributed by atoms with Gasteiger partial charge in [0.1, 0.15) is 5.82 Å². The molecule has 0 radical (unpaired) electrons. The summed E-state index contributed by atoms with van der Waals surface area (Å²) < 4.78 is 12.7. The second kappa shape index (κ2) is 4.67. The lowest BCUT2D eigenvalue weighted by Gasteiger charge is -2.24. The van der Waals surface area contributed by atoms with Gasteiger partial charge in [0.05, 0.1) is 19.9 Å². The summed E-state index contributed by atoms with van der Waals surface area (Å²) >= 11 is 0. The maximum Gasteiger partial charge on any atom is 0.273 e. The van der Waals surface area contributed by atoms with Crippen LogP contribution in [-0.2, 0) is 13.0 Å². The van der Waals surface area contributed by atoms with Gasteiger partial charge in [0.15, 0.2) is 11.5 Å². The quantitative estimate of drug-likeness (QED) is 0.836. The minimum Gasteiger partial charge on any atom is -0.493 e. The third kappa shape index (κ3) is 1.86. The van der Waals surface area contributed by atoms with Crippen LogP contribution < -0.4 is 15.0 Å².